The summed E-state index contributed by atoms with van der Waals surface area (Å²) in [5.41, 5.74) is -3.04. The Balaban J connectivity index is 2.80. The molecule has 1 rings (SSSR count). The summed E-state index contributed by atoms with van der Waals surface area (Å²) in [6, 6.07) is 4.60. The number of carbonyl (C=O) groups is 1. The number of nitrogens with one attached hydrogen (secondary N) is 2. The van der Waals surface area contributed by atoms with E-state index in [1.807, 2.05) is 0 Å². The first-order valence-electron chi connectivity index (χ1n) is 6.96. The van der Waals surface area contributed by atoms with Crippen LogP contribution in [0.25, 0.3) is 0 Å². The van der Waals surface area contributed by atoms with Crippen molar-refractivity contribution in [1.82, 2.24) is 4.72 Å². The first-order valence-corrected chi connectivity index (χ1v) is 8.44. The molecule has 0 spiro atoms. The lowest BCUT2D eigenvalue weighted by molar-refractivity contribution is -0.252. The van der Waals surface area contributed by atoms with E-state index >= 15 is 0 Å². The van der Waals surface area contributed by atoms with Crippen LogP contribution in [0, 0.1) is 0 Å². The number of benzene rings is 1. The summed E-state index contributed by atoms with van der Waals surface area (Å²) in [6.07, 6.45) is -6.11. The maximum Gasteiger partial charge on any atom is 0.417 e. The first-order chi connectivity index (χ1) is 10.7. The number of sulfonamides is 1. The third-order valence-electron chi connectivity index (χ3n) is 2.95. The molecular weight excluding hydrogens is 349 g/mol. The summed E-state index contributed by atoms with van der Waals surface area (Å²) in [7, 11) is -3.70. The maximum absolute atomic E-state index is 12.5. The molecule has 0 bridgehead atoms. The second-order valence-corrected chi connectivity index (χ2v) is 7.51. The van der Waals surface area contributed by atoms with Gasteiger partial charge in [0.05, 0.1) is 11.3 Å². The topological polar surface area (TPSA) is 95.5 Å². The molecule has 0 fully saturated rings. The molecule has 3 N–H and O–H groups in total. The SMILES string of the molecule is CC(C)NS(=O)(=O)c1ccc(NC(=O)C[C@](C)(O)C(F)(F)F)cc1. The molecule has 1 amide bonds. The predicted octanol–water partition coefficient (Wildman–Crippen LogP) is 2.02. The minimum atomic E-state index is -4.94. The van der Waals surface area contributed by atoms with Crippen LogP contribution in [0.15, 0.2) is 29.2 Å². The number of hydrogen-bond donors (Lipinski definition) is 3. The van der Waals surface area contributed by atoms with Crippen LogP contribution in [-0.4, -0.2) is 37.3 Å². The standard InChI is InChI=1S/C14H19F3N2O4S/c1-9(2)19-24(22,23)11-6-4-10(5-7-11)18-12(20)8-13(3,21)14(15,16)17/h4-7,9,19,21H,8H2,1-3H3,(H,18,20)/t13-/m0/s1. The fourth-order valence-electron chi connectivity index (χ4n) is 1.71. The van der Waals surface area contributed by atoms with Crippen molar-refractivity contribution in [3.8, 4) is 0 Å². The monoisotopic (exact) mass is 368 g/mol. The molecule has 0 aromatic heterocycles. The van der Waals surface area contributed by atoms with E-state index in [4.69, 9.17) is 0 Å². The van der Waals surface area contributed by atoms with Gasteiger partial charge in [0.25, 0.3) is 0 Å². The number of amides is 1. The molecule has 10 heteroatoms. The molecule has 0 aliphatic carbocycles. The average Bonchev–Trinajstić information content (AvgIpc) is 2.35. The van der Waals surface area contributed by atoms with E-state index in [0.717, 1.165) is 0 Å². The van der Waals surface area contributed by atoms with Crippen molar-refractivity contribution in [1.29, 1.82) is 0 Å². The van der Waals surface area contributed by atoms with Crippen LogP contribution >= 0.6 is 0 Å². The summed E-state index contributed by atoms with van der Waals surface area (Å²) >= 11 is 0. The van der Waals surface area contributed by atoms with Gasteiger partial charge in [-0.2, -0.15) is 13.2 Å². The smallest absolute Gasteiger partial charge is 0.380 e. The third-order valence-corrected chi connectivity index (χ3v) is 4.63. The predicted molar refractivity (Wildman–Crippen MR) is 81.8 cm³/mol. The molecule has 24 heavy (non-hydrogen) atoms. The largest absolute Gasteiger partial charge is 0.417 e. The minimum Gasteiger partial charge on any atom is -0.380 e. The molecule has 136 valence electrons. The zero-order chi connectivity index (χ0) is 18.8. The second kappa shape index (κ2) is 7.08. The van der Waals surface area contributed by atoms with E-state index in [9.17, 15) is 31.5 Å². The van der Waals surface area contributed by atoms with Gasteiger partial charge in [-0.3, -0.25) is 4.79 Å². The van der Waals surface area contributed by atoms with Crippen LogP contribution in [0.4, 0.5) is 18.9 Å². The molecule has 1 aromatic carbocycles. The van der Waals surface area contributed by atoms with Crippen LogP contribution in [0.2, 0.25) is 0 Å². The van der Waals surface area contributed by atoms with Crippen LogP contribution in [0.3, 0.4) is 0 Å². The zero-order valence-corrected chi connectivity index (χ0v) is 14.1. The van der Waals surface area contributed by atoms with Gasteiger partial charge in [-0.15, -0.1) is 0 Å². The lowest BCUT2D eigenvalue weighted by Crippen LogP contribution is -2.44. The Morgan fingerprint density at radius 3 is 2.12 bits per heavy atom. The molecular formula is C14H19F3N2O4S. The lowest BCUT2D eigenvalue weighted by atomic mass is 10.0. The highest BCUT2D eigenvalue weighted by Crippen LogP contribution is 2.32. The minimum absolute atomic E-state index is 0.0449. The van der Waals surface area contributed by atoms with Crippen LogP contribution in [0.1, 0.15) is 27.2 Å². The fraction of sp³-hybridized carbons (Fsp3) is 0.500. The molecule has 0 radical (unpaired) electrons. The summed E-state index contributed by atoms with van der Waals surface area (Å²) in [4.78, 5) is 11.6. The summed E-state index contributed by atoms with van der Waals surface area (Å²) in [5.74, 6) is -1.05. The van der Waals surface area contributed by atoms with Crippen molar-refractivity contribution in [3.63, 3.8) is 0 Å². The number of aliphatic hydroxyl groups is 1. The molecule has 1 aromatic rings. The quantitative estimate of drug-likeness (QED) is 0.716. The summed E-state index contributed by atoms with van der Waals surface area (Å²) in [6.45, 7) is 3.80. The number of halogens is 3. The normalized spacial score (nSPS) is 15.2. The van der Waals surface area contributed by atoms with E-state index in [1.54, 1.807) is 13.8 Å². The molecule has 0 unspecified atom stereocenters. The van der Waals surface area contributed by atoms with E-state index < -0.39 is 34.1 Å². The van der Waals surface area contributed by atoms with Crippen molar-refractivity contribution in [3.05, 3.63) is 24.3 Å². The Morgan fingerprint density at radius 1 is 1.21 bits per heavy atom. The second-order valence-electron chi connectivity index (χ2n) is 5.80. The zero-order valence-electron chi connectivity index (χ0n) is 13.3. The van der Waals surface area contributed by atoms with Gasteiger partial charge in [0, 0.05) is 11.7 Å². The molecule has 0 saturated carbocycles. The van der Waals surface area contributed by atoms with Crippen LogP contribution in [0.5, 0.6) is 0 Å². The number of rotatable bonds is 6. The first kappa shape index (κ1) is 20.4. The molecule has 1 atom stereocenters. The molecule has 6 nitrogen and oxygen atoms in total. The Morgan fingerprint density at radius 2 is 1.71 bits per heavy atom. The van der Waals surface area contributed by atoms with Gasteiger partial charge in [-0.1, -0.05) is 0 Å². The number of hydrogen-bond acceptors (Lipinski definition) is 4. The molecule has 0 saturated heterocycles. The van der Waals surface area contributed by atoms with Gasteiger partial charge < -0.3 is 10.4 Å². The Hall–Kier alpha value is -1.65. The van der Waals surface area contributed by atoms with Crippen LogP contribution in [-0.2, 0) is 14.8 Å². The Bertz CT molecular complexity index is 683. The Labute approximate surface area is 138 Å². The van der Waals surface area contributed by atoms with Crippen LogP contribution < -0.4 is 10.0 Å². The number of alkyl halides is 3. The van der Waals surface area contributed by atoms with Gasteiger partial charge in [-0.05, 0) is 45.0 Å². The van der Waals surface area contributed by atoms with Crippen molar-refractivity contribution >= 4 is 21.6 Å². The van der Waals surface area contributed by atoms with Crippen molar-refractivity contribution in [2.24, 2.45) is 0 Å². The third kappa shape index (κ3) is 5.46. The number of carbonyl (C=O) groups excluding carboxylic acids is 1. The average molecular weight is 368 g/mol. The van der Waals surface area contributed by atoms with E-state index in [2.05, 4.69) is 10.0 Å². The van der Waals surface area contributed by atoms with Gasteiger partial charge in [0.2, 0.25) is 15.9 Å². The van der Waals surface area contributed by atoms with Gasteiger partial charge in [0.1, 0.15) is 0 Å². The molecule has 0 aliphatic heterocycles. The van der Waals surface area contributed by atoms with Crippen molar-refractivity contribution in [2.45, 2.75) is 49.9 Å². The van der Waals surface area contributed by atoms with E-state index in [1.165, 1.54) is 24.3 Å². The Kier molecular flexibility index (Phi) is 6.01. The van der Waals surface area contributed by atoms with E-state index in [0.29, 0.717) is 6.92 Å². The fourth-order valence-corrected chi connectivity index (χ4v) is 2.96. The van der Waals surface area contributed by atoms with Gasteiger partial charge >= 0.3 is 6.18 Å². The highest BCUT2D eigenvalue weighted by molar-refractivity contribution is 7.89. The summed E-state index contributed by atoms with van der Waals surface area (Å²) in [5, 5.41) is 11.4. The maximum atomic E-state index is 12.5. The highest BCUT2D eigenvalue weighted by Gasteiger charge is 2.50. The highest BCUT2D eigenvalue weighted by atomic mass is 32.2. The van der Waals surface area contributed by atoms with E-state index in [-0.39, 0.29) is 16.6 Å². The lowest BCUT2D eigenvalue weighted by Gasteiger charge is -2.25. The molecule has 0 aliphatic rings. The molecule has 0 heterocycles. The van der Waals surface area contributed by atoms with Gasteiger partial charge in [-0.25, -0.2) is 13.1 Å². The summed E-state index contributed by atoms with van der Waals surface area (Å²) < 4.78 is 63.8. The van der Waals surface area contributed by atoms with Crippen molar-refractivity contribution < 1.29 is 31.5 Å². The van der Waals surface area contributed by atoms with Gasteiger partial charge in [0.15, 0.2) is 5.60 Å². The van der Waals surface area contributed by atoms with Crippen molar-refractivity contribution in [2.75, 3.05) is 5.32 Å². The number of anilines is 1.